The van der Waals surface area contributed by atoms with E-state index in [-0.39, 0.29) is 102 Å². The number of aliphatic hydroxyl groups excluding tert-OH is 3. The van der Waals surface area contributed by atoms with E-state index in [9.17, 15) is 33.6 Å². The first-order valence-electron chi connectivity index (χ1n) is 31.3. The molecule has 8 atom stereocenters. The minimum Gasteiger partial charge on any atom is 0 e. The molecule has 0 bridgehead atoms. The van der Waals surface area contributed by atoms with Gasteiger partial charge in [-0.1, -0.05) is 237 Å². The van der Waals surface area contributed by atoms with Gasteiger partial charge in [-0.3, -0.25) is 24.0 Å². The minimum absolute atomic E-state index is 0. The number of aliphatic carboxylic acids is 2. The van der Waals surface area contributed by atoms with Crippen molar-refractivity contribution in [2.75, 3.05) is 26.4 Å². The molecule has 7 N–H and O–H groups in total. The standard InChI is InChI=1S/C24H44O6.2C8H16O2.2C8H16O.C6H12.C3H8O3.CO.6CH4.H2O.H2/c1-7-10-20(6)15-24(27)29-17-21(30-23(26)14-12-19(5)9-3)16-28-22(25)13-11-18(4)8-2;2*1-3-7(2)5-4-6-8(9)10;2*1-3-8(2)6-4-5-7-9;1-4-5-6(2)3;4-1-3(6)2-5;1-2;;;;;;;;/h18-21H,7-17H2,1-6H3;2*7H,3-6H2,1-2H3,(H,9,10);2*7-8H,3-6H2,1-2H3;5H,4H2,1-3H3;3-6H,1-2H2;;6*1H4;1H2;1H. The fourth-order valence-electron chi connectivity index (χ4n) is 6.47. The van der Waals surface area contributed by atoms with E-state index < -0.39 is 24.1 Å². The van der Waals surface area contributed by atoms with Crippen LogP contribution in [-0.4, -0.2) is 112 Å². The molecular formula is C72H156O17. The van der Waals surface area contributed by atoms with Gasteiger partial charge in [-0.25, -0.2) is 0 Å². The molecule has 0 aromatic rings. The minimum atomic E-state index is -0.954. The van der Waals surface area contributed by atoms with Crippen LogP contribution in [0, 0.1) is 48.1 Å². The van der Waals surface area contributed by atoms with Crippen LogP contribution in [0.1, 0.15) is 331 Å². The second-order valence-electron chi connectivity index (χ2n) is 22.2. The van der Waals surface area contributed by atoms with Crippen molar-refractivity contribution >= 4 is 42.4 Å². The van der Waals surface area contributed by atoms with Crippen LogP contribution in [0.2, 0.25) is 0 Å². The first-order chi connectivity index (χ1) is 38.7. The summed E-state index contributed by atoms with van der Waals surface area (Å²) in [4.78, 5) is 76.1. The Morgan fingerprint density at radius 3 is 1.02 bits per heavy atom. The van der Waals surface area contributed by atoms with E-state index in [4.69, 9.17) is 44.4 Å². The van der Waals surface area contributed by atoms with Gasteiger partial charge in [0, 0.05) is 46.4 Å². The molecule has 0 fully saturated rings. The Morgan fingerprint density at radius 1 is 0.472 bits per heavy atom. The molecule has 0 heterocycles. The summed E-state index contributed by atoms with van der Waals surface area (Å²) in [6.07, 6.45) is 25.3. The average Bonchev–Trinajstić information content (AvgIpc) is 3.45. The molecule has 0 radical (unpaired) electrons. The fourth-order valence-corrected chi connectivity index (χ4v) is 6.47. The zero-order valence-corrected chi connectivity index (χ0v) is 55.9. The number of carbonyl (C=O) groups excluding carboxylic acids is 5. The van der Waals surface area contributed by atoms with E-state index in [0.717, 1.165) is 127 Å². The average molecular weight is 1290 g/mol. The third kappa shape index (κ3) is 122. The second-order valence-corrected chi connectivity index (χ2v) is 22.2. The summed E-state index contributed by atoms with van der Waals surface area (Å²) in [7, 11) is 0. The molecule has 0 aliphatic rings. The predicted molar refractivity (Wildman–Crippen MR) is 378 cm³/mol. The van der Waals surface area contributed by atoms with Gasteiger partial charge in [0.15, 0.2) is 6.10 Å². The van der Waals surface area contributed by atoms with Crippen molar-refractivity contribution < 1.29 is 84.9 Å². The summed E-state index contributed by atoms with van der Waals surface area (Å²) >= 11 is 0. The number of hydrogen-bond donors (Lipinski definition) is 5. The normalized spacial score (nSPS) is 11.9. The maximum absolute atomic E-state index is 12.2. The Morgan fingerprint density at radius 2 is 0.775 bits per heavy atom. The number of aldehydes is 2. The van der Waals surface area contributed by atoms with Crippen LogP contribution in [0.15, 0.2) is 11.6 Å². The first-order valence-corrected chi connectivity index (χ1v) is 31.3. The Hall–Kier alpha value is -3.99. The Labute approximate surface area is 552 Å². The van der Waals surface area contributed by atoms with Gasteiger partial charge >= 0.3 is 41.1 Å². The maximum atomic E-state index is 12.2. The van der Waals surface area contributed by atoms with Crippen LogP contribution in [0.4, 0.5) is 0 Å². The van der Waals surface area contributed by atoms with Crippen molar-refractivity contribution in [3.05, 3.63) is 18.3 Å². The maximum Gasteiger partial charge on any atom is 0 e. The SMILES string of the molecule is C.C.C.C.C.C.CCC(C)CCCC(=O)O.CCC(C)CCCC(=O)O.CCC(C)CCCC=O.CCC(C)CCCC=O.CCC=C(C)C.CCCC(C)CC(=O)OCC(COC(=O)CCC(C)CC)OC(=O)CCC(C)CC.O.OCC(O)CO.[C-]#[O+].[HH]. The fraction of sp³-hybridized carbons (Fsp3) is 0.861. The number of carboxylic acids is 2. The topological polar surface area (TPSA) is 300 Å². The predicted octanol–water partition coefficient (Wildman–Crippen LogP) is 18.7. The van der Waals surface area contributed by atoms with Gasteiger partial charge in [-0.15, -0.1) is 0 Å². The molecule has 0 aliphatic carbocycles. The largest absolute Gasteiger partial charge is 0 e. The van der Waals surface area contributed by atoms with Crippen LogP contribution in [0.3, 0.4) is 0 Å². The summed E-state index contributed by atoms with van der Waals surface area (Å²) in [5.74, 6) is 1.74. The summed E-state index contributed by atoms with van der Waals surface area (Å²) in [5.41, 5.74) is 1.41. The van der Waals surface area contributed by atoms with Crippen molar-refractivity contribution in [2.24, 2.45) is 41.4 Å². The van der Waals surface area contributed by atoms with Gasteiger partial charge in [0.1, 0.15) is 31.9 Å². The molecule has 0 saturated heterocycles. The molecule has 89 heavy (non-hydrogen) atoms. The third-order valence-electron chi connectivity index (χ3n) is 13.6. The van der Waals surface area contributed by atoms with E-state index in [1.54, 1.807) is 0 Å². The molecule has 0 saturated carbocycles. The third-order valence-corrected chi connectivity index (χ3v) is 13.6. The number of esters is 3. The number of unbranched alkanes of at least 4 members (excludes halogenated alkanes) is 2. The van der Waals surface area contributed by atoms with Gasteiger partial charge < -0.3 is 54.8 Å². The molecule has 17 nitrogen and oxygen atoms in total. The Balaban J connectivity index is -0.0000000548. The van der Waals surface area contributed by atoms with Crippen LogP contribution in [0.5, 0.6) is 0 Å². The van der Waals surface area contributed by atoms with E-state index in [1.165, 1.54) is 37.7 Å². The molecule has 546 valence electrons. The number of hydrogen-bond acceptors (Lipinski definition) is 13. The molecule has 0 rings (SSSR count). The van der Waals surface area contributed by atoms with E-state index in [1.807, 2.05) is 6.92 Å². The van der Waals surface area contributed by atoms with Gasteiger partial charge in [0.05, 0.1) is 13.2 Å². The number of carboxylic acid groups (broad SMARTS) is 2. The van der Waals surface area contributed by atoms with Crippen molar-refractivity contribution in [2.45, 2.75) is 341 Å². The zero-order valence-electron chi connectivity index (χ0n) is 55.9. The zero-order chi connectivity index (χ0) is 65.1. The number of rotatable bonds is 40. The van der Waals surface area contributed by atoms with Crippen LogP contribution < -0.4 is 0 Å². The van der Waals surface area contributed by atoms with Gasteiger partial charge in [0.2, 0.25) is 0 Å². The van der Waals surface area contributed by atoms with Crippen LogP contribution in [-0.2, 0) is 52.4 Å². The molecule has 0 spiro atoms. The molecular weight excluding hydrogens is 1140 g/mol. The summed E-state index contributed by atoms with van der Waals surface area (Å²) in [5, 5.41) is 40.6. The van der Waals surface area contributed by atoms with E-state index >= 15 is 0 Å². The number of ether oxygens (including phenoxy) is 3. The van der Waals surface area contributed by atoms with Crippen molar-refractivity contribution in [3.63, 3.8) is 0 Å². The van der Waals surface area contributed by atoms with Crippen LogP contribution in [0.25, 0.3) is 0 Å². The Kier molecular flexibility index (Phi) is 134. The molecule has 17 heteroatoms. The number of carbonyl (C=O) groups is 7. The van der Waals surface area contributed by atoms with Gasteiger partial charge in [-0.2, -0.15) is 0 Å². The molecule has 0 aromatic carbocycles. The van der Waals surface area contributed by atoms with E-state index in [0.29, 0.717) is 55.8 Å². The van der Waals surface area contributed by atoms with Crippen molar-refractivity contribution in [1.29, 1.82) is 0 Å². The summed E-state index contributed by atoms with van der Waals surface area (Å²) < 4.78 is 23.6. The van der Waals surface area contributed by atoms with Gasteiger partial charge in [0.25, 0.3) is 0 Å². The summed E-state index contributed by atoms with van der Waals surface area (Å²) in [6, 6.07) is 0. The second kappa shape index (κ2) is 97.6. The quantitative estimate of drug-likeness (QED) is 0.00724. The smallest absolute Gasteiger partial charge is 0 e. The Bertz CT molecular complexity index is 1420. The van der Waals surface area contributed by atoms with Gasteiger partial charge in [-0.05, 0) is 100 Å². The van der Waals surface area contributed by atoms with Crippen LogP contribution >= 0.6 is 0 Å². The first kappa shape index (κ1) is 122. The molecule has 0 aromatic heterocycles. The molecule has 0 aliphatic heterocycles. The molecule has 8 unspecified atom stereocenters. The number of aliphatic hydroxyl groups is 3. The summed E-state index contributed by atoms with van der Waals surface area (Å²) in [6.45, 7) is 39.8. The van der Waals surface area contributed by atoms with Crippen molar-refractivity contribution in [3.8, 4) is 0 Å². The molecule has 0 amide bonds. The van der Waals surface area contributed by atoms with E-state index in [2.05, 4.69) is 124 Å². The monoisotopic (exact) mass is 1290 g/mol. The van der Waals surface area contributed by atoms with Crippen molar-refractivity contribution in [1.82, 2.24) is 0 Å². The number of allylic oxidation sites excluding steroid dienone is 2.